The Hall–Kier alpha value is -1.84. The van der Waals surface area contributed by atoms with E-state index in [-0.39, 0.29) is 17.9 Å². The first-order valence-electron chi connectivity index (χ1n) is 4.82. The summed E-state index contributed by atoms with van der Waals surface area (Å²) in [6.07, 6.45) is 0.920. The van der Waals surface area contributed by atoms with Crippen molar-refractivity contribution in [1.82, 2.24) is 5.32 Å². The quantitative estimate of drug-likeness (QED) is 0.696. The molecule has 77 valence electrons. The Labute approximate surface area is 87.7 Å². The number of carbonyl (C=O) groups excluding carboxylic acids is 2. The van der Waals surface area contributed by atoms with Crippen molar-refractivity contribution in [3.8, 4) is 0 Å². The van der Waals surface area contributed by atoms with Gasteiger partial charge < -0.3 is 5.32 Å². The largest absolute Gasteiger partial charge is 0.373 e. The Morgan fingerprint density at radius 1 is 1.40 bits per heavy atom. The van der Waals surface area contributed by atoms with Gasteiger partial charge in [0.2, 0.25) is 11.8 Å². The lowest BCUT2D eigenvalue weighted by atomic mass is 10.1. The predicted molar refractivity (Wildman–Crippen MR) is 55.1 cm³/mol. The number of imide groups is 1. The van der Waals surface area contributed by atoms with E-state index in [4.69, 9.17) is 0 Å². The zero-order valence-corrected chi connectivity index (χ0v) is 8.12. The number of hydrogen-bond donors (Lipinski definition) is 2. The molecule has 0 aromatic heterocycles. The number of piperidine rings is 1. The first kappa shape index (κ1) is 9.71. The van der Waals surface area contributed by atoms with Crippen LogP contribution in [0.15, 0.2) is 24.3 Å². The van der Waals surface area contributed by atoms with Crippen molar-refractivity contribution in [2.75, 3.05) is 5.32 Å². The molecule has 1 aliphatic heterocycles. The fraction of sp³-hybridized carbons (Fsp3) is 0.273. The molecule has 1 unspecified atom stereocenters. The summed E-state index contributed by atoms with van der Waals surface area (Å²) < 4.78 is 0. The molecule has 0 saturated carbocycles. The lowest BCUT2D eigenvalue weighted by Gasteiger charge is -2.22. The van der Waals surface area contributed by atoms with Crippen molar-refractivity contribution < 1.29 is 9.59 Å². The standard InChI is InChI=1S/C11H11N2O2/c14-10-7-6-9(11(15)13-10)12-8-4-2-1-3-5-8/h1-4,9,12H,6-7H2,(H,13,14,15). The molecule has 2 N–H and O–H groups in total. The van der Waals surface area contributed by atoms with Gasteiger partial charge in [0.05, 0.1) is 0 Å². The van der Waals surface area contributed by atoms with Gasteiger partial charge in [-0.1, -0.05) is 18.2 Å². The number of rotatable bonds is 2. The molecule has 1 saturated heterocycles. The van der Waals surface area contributed by atoms with Crippen molar-refractivity contribution in [1.29, 1.82) is 0 Å². The Morgan fingerprint density at radius 2 is 2.27 bits per heavy atom. The highest BCUT2D eigenvalue weighted by Gasteiger charge is 2.25. The van der Waals surface area contributed by atoms with Crippen LogP contribution in [0.4, 0.5) is 5.69 Å². The summed E-state index contributed by atoms with van der Waals surface area (Å²) in [5.74, 6) is -0.460. The van der Waals surface area contributed by atoms with E-state index in [1.54, 1.807) is 6.07 Å². The van der Waals surface area contributed by atoms with Crippen LogP contribution in [0.5, 0.6) is 0 Å². The minimum atomic E-state index is -0.332. The molecule has 15 heavy (non-hydrogen) atoms. The second kappa shape index (κ2) is 4.13. The van der Waals surface area contributed by atoms with Crippen LogP contribution in [0.25, 0.3) is 0 Å². The zero-order valence-electron chi connectivity index (χ0n) is 8.12. The van der Waals surface area contributed by atoms with Crippen molar-refractivity contribution in [2.24, 2.45) is 0 Å². The molecule has 2 rings (SSSR count). The first-order valence-corrected chi connectivity index (χ1v) is 4.82. The molecule has 4 nitrogen and oxygen atoms in total. The predicted octanol–water partition coefficient (Wildman–Crippen LogP) is 0.704. The summed E-state index contributed by atoms with van der Waals surface area (Å²) in [5, 5.41) is 5.33. The molecule has 4 heteroatoms. The average Bonchev–Trinajstić information content (AvgIpc) is 2.24. The maximum Gasteiger partial charge on any atom is 0.249 e. The number of hydrogen-bond acceptors (Lipinski definition) is 3. The van der Waals surface area contributed by atoms with Crippen LogP contribution >= 0.6 is 0 Å². The SMILES string of the molecule is O=C1CCC(Nc2[c]cccc2)C(=O)N1. The van der Waals surface area contributed by atoms with Gasteiger partial charge in [-0.15, -0.1) is 0 Å². The van der Waals surface area contributed by atoms with Crippen molar-refractivity contribution >= 4 is 17.5 Å². The number of anilines is 1. The highest BCUT2D eigenvalue weighted by Crippen LogP contribution is 2.12. The maximum absolute atomic E-state index is 11.4. The Morgan fingerprint density at radius 3 is 2.93 bits per heavy atom. The molecule has 2 amide bonds. The first-order chi connectivity index (χ1) is 7.25. The van der Waals surface area contributed by atoms with E-state index in [1.165, 1.54) is 0 Å². The summed E-state index contributed by atoms with van der Waals surface area (Å²) in [7, 11) is 0. The number of benzene rings is 1. The van der Waals surface area contributed by atoms with Crippen LogP contribution in [0, 0.1) is 6.07 Å². The summed E-state index contributed by atoms with van der Waals surface area (Å²) in [4.78, 5) is 22.3. The van der Waals surface area contributed by atoms with Gasteiger partial charge in [0.1, 0.15) is 6.04 Å². The molecule has 1 atom stereocenters. The van der Waals surface area contributed by atoms with Crippen molar-refractivity contribution in [3.63, 3.8) is 0 Å². The van der Waals surface area contributed by atoms with Gasteiger partial charge in [0, 0.05) is 18.2 Å². The maximum atomic E-state index is 11.4. The average molecular weight is 203 g/mol. The van der Waals surface area contributed by atoms with Gasteiger partial charge >= 0.3 is 0 Å². The van der Waals surface area contributed by atoms with Crippen LogP contribution in [0.1, 0.15) is 12.8 Å². The number of nitrogens with one attached hydrogen (secondary N) is 2. The Bertz CT molecular complexity index is 375. The lowest BCUT2D eigenvalue weighted by molar-refractivity contribution is -0.133. The summed E-state index contributed by atoms with van der Waals surface area (Å²) in [5.41, 5.74) is 0.770. The Balaban J connectivity index is 2.01. The van der Waals surface area contributed by atoms with Crippen LogP contribution in [-0.2, 0) is 9.59 Å². The molecule has 0 bridgehead atoms. The van der Waals surface area contributed by atoms with E-state index in [1.807, 2.05) is 18.2 Å². The second-order valence-electron chi connectivity index (χ2n) is 3.42. The number of para-hydroxylation sites is 1. The molecule has 1 aliphatic rings. The van der Waals surface area contributed by atoms with Crippen LogP contribution in [0.3, 0.4) is 0 Å². The zero-order chi connectivity index (χ0) is 10.7. The summed E-state index contributed by atoms with van der Waals surface area (Å²) in [6, 6.07) is 9.97. The lowest BCUT2D eigenvalue weighted by Crippen LogP contribution is -2.47. The number of carbonyl (C=O) groups is 2. The van der Waals surface area contributed by atoms with Crippen molar-refractivity contribution in [2.45, 2.75) is 18.9 Å². The third-order valence-electron chi connectivity index (χ3n) is 2.28. The van der Waals surface area contributed by atoms with Gasteiger partial charge in [0.25, 0.3) is 0 Å². The summed E-state index contributed by atoms with van der Waals surface area (Å²) >= 11 is 0. The highest BCUT2D eigenvalue weighted by molar-refractivity contribution is 6.01. The van der Waals surface area contributed by atoms with Gasteiger partial charge in [-0.3, -0.25) is 14.9 Å². The van der Waals surface area contributed by atoms with Gasteiger partial charge in [-0.2, -0.15) is 0 Å². The van der Waals surface area contributed by atoms with Gasteiger partial charge in [-0.25, -0.2) is 0 Å². The smallest absolute Gasteiger partial charge is 0.249 e. The van der Waals surface area contributed by atoms with Gasteiger partial charge in [0.15, 0.2) is 0 Å². The van der Waals surface area contributed by atoms with Crippen LogP contribution in [-0.4, -0.2) is 17.9 Å². The molecular weight excluding hydrogens is 192 g/mol. The molecule has 1 aromatic carbocycles. The minimum absolute atomic E-state index is 0.199. The molecule has 1 radical (unpaired) electrons. The van der Waals surface area contributed by atoms with E-state index in [2.05, 4.69) is 16.7 Å². The van der Waals surface area contributed by atoms with Crippen molar-refractivity contribution in [3.05, 3.63) is 30.3 Å². The number of amides is 2. The minimum Gasteiger partial charge on any atom is -0.373 e. The monoisotopic (exact) mass is 203 g/mol. The molecule has 1 heterocycles. The van der Waals surface area contributed by atoms with Crippen LogP contribution in [0.2, 0.25) is 0 Å². The second-order valence-corrected chi connectivity index (χ2v) is 3.42. The van der Waals surface area contributed by atoms with Crippen LogP contribution < -0.4 is 10.6 Å². The van der Waals surface area contributed by atoms with Gasteiger partial charge in [-0.05, 0) is 12.5 Å². The molecule has 0 aliphatic carbocycles. The molecule has 1 aromatic rings. The third-order valence-corrected chi connectivity index (χ3v) is 2.28. The van der Waals surface area contributed by atoms with E-state index in [0.29, 0.717) is 12.8 Å². The topological polar surface area (TPSA) is 58.2 Å². The molecular formula is C11H11N2O2. The highest BCUT2D eigenvalue weighted by atomic mass is 16.2. The molecule has 0 spiro atoms. The van der Waals surface area contributed by atoms with E-state index >= 15 is 0 Å². The fourth-order valence-electron chi connectivity index (χ4n) is 1.50. The summed E-state index contributed by atoms with van der Waals surface area (Å²) in [6.45, 7) is 0. The van der Waals surface area contributed by atoms with E-state index in [0.717, 1.165) is 5.69 Å². The fourth-order valence-corrected chi connectivity index (χ4v) is 1.50. The van der Waals surface area contributed by atoms with E-state index < -0.39 is 0 Å². The normalized spacial score (nSPS) is 20.9. The Kier molecular flexibility index (Phi) is 2.67. The molecule has 1 fully saturated rings. The van der Waals surface area contributed by atoms with E-state index in [9.17, 15) is 9.59 Å². The third kappa shape index (κ3) is 2.34.